The smallest absolute Gasteiger partial charge is 0.248 e. The van der Waals surface area contributed by atoms with Gasteiger partial charge in [-0.05, 0) is 56.1 Å². The van der Waals surface area contributed by atoms with Gasteiger partial charge in [0.15, 0.2) is 0 Å². The van der Waals surface area contributed by atoms with Crippen molar-refractivity contribution in [2.75, 3.05) is 36.0 Å². The van der Waals surface area contributed by atoms with Crippen LogP contribution >= 0.6 is 0 Å². The molecule has 4 heterocycles. The van der Waals surface area contributed by atoms with Gasteiger partial charge in [-0.1, -0.05) is 6.92 Å². The minimum Gasteiger partial charge on any atom is -0.356 e. The molecule has 0 spiro atoms. The summed E-state index contributed by atoms with van der Waals surface area (Å²) >= 11 is 0. The molecular weight excluding hydrogens is 338 g/mol. The maximum atomic E-state index is 11.6. The molecule has 2 aromatic rings. The molecule has 6 heteroatoms. The Kier molecular flexibility index (Phi) is 5.41. The Hall–Kier alpha value is -2.37. The average molecular weight is 367 g/mol. The van der Waals surface area contributed by atoms with Gasteiger partial charge < -0.3 is 14.8 Å². The molecule has 0 aromatic carbocycles. The Morgan fingerprint density at radius 2 is 1.81 bits per heavy atom. The second-order valence-electron chi connectivity index (χ2n) is 7.67. The molecule has 2 aromatic heterocycles. The number of nitrogens with zero attached hydrogens (tertiary/aromatic N) is 4. The molecule has 6 nitrogen and oxygen atoms in total. The second kappa shape index (κ2) is 8.11. The summed E-state index contributed by atoms with van der Waals surface area (Å²) in [4.78, 5) is 28.7. The maximum Gasteiger partial charge on any atom is 0.248 e. The third kappa shape index (κ3) is 4.15. The zero-order valence-electron chi connectivity index (χ0n) is 16.2. The van der Waals surface area contributed by atoms with E-state index in [1.165, 1.54) is 19.3 Å². The number of hydrogen-bond donors (Lipinski definition) is 1. The number of nitrogens with one attached hydrogen (secondary N) is 1. The van der Waals surface area contributed by atoms with Gasteiger partial charge in [-0.2, -0.15) is 4.98 Å². The first-order valence-electron chi connectivity index (χ1n) is 10.3. The third-order valence-electron chi connectivity index (χ3n) is 5.84. The van der Waals surface area contributed by atoms with Crippen molar-refractivity contribution >= 4 is 11.8 Å². The first-order valence-corrected chi connectivity index (χ1v) is 10.3. The third-order valence-corrected chi connectivity index (χ3v) is 5.84. The number of aryl methyl sites for hydroxylation is 1. The fourth-order valence-electron chi connectivity index (χ4n) is 4.20. The van der Waals surface area contributed by atoms with Gasteiger partial charge in [0.05, 0.1) is 0 Å². The van der Waals surface area contributed by atoms with E-state index >= 15 is 0 Å². The van der Waals surface area contributed by atoms with Crippen molar-refractivity contribution in [3.8, 4) is 0 Å². The minimum absolute atomic E-state index is 0.00973. The lowest BCUT2D eigenvalue weighted by Crippen LogP contribution is -2.35. The molecule has 0 unspecified atom stereocenters. The van der Waals surface area contributed by atoms with Crippen LogP contribution in [0.25, 0.3) is 0 Å². The standard InChI is InChI=1S/C21H29N5O/c1-2-18-15-19(24-21(23-18)26-10-4-3-5-11-26)25-12-7-16(8-13-25)17-6-9-22-20(27)14-17/h6,9,14-16H,2-5,7-8,10-13H2,1H3,(H,22,27). The van der Waals surface area contributed by atoms with Gasteiger partial charge in [-0.25, -0.2) is 4.98 Å². The molecule has 0 amide bonds. The van der Waals surface area contributed by atoms with Crippen LogP contribution in [-0.2, 0) is 6.42 Å². The molecule has 4 rings (SSSR count). The summed E-state index contributed by atoms with van der Waals surface area (Å²) in [6.45, 7) is 6.23. The number of pyridine rings is 1. The highest BCUT2D eigenvalue weighted by atomic mass is 16.1. The Morgan fingerprint density at radius 1 is 1.04 bits per heavy atom. The predicted octanol–water partition coefficient (Wildman–Crippen LogP) is 3.10. The van der Waals surface area contributed by atoms with E-state index in [9.17, 15) is 4.79 Å². The van der Waals surface area contributed by atoms with Crippen molar-refractivity contribution < 1.29 is 0 Å². The summed E-state index contributed by atoms with van der Waals surface area (Å²) in [6.07, 6.45) is 8.56. The number of anilines is 2. The molecule has 0 saturated carbocycles. The van der Waals surface area contributed by atoms with Gasteiger partial charge in [0.1, 0.15) is 5.82 Å². The van der Waals surface area contributed by atoms with Crippen molar-refractivity contribution in [2.24, 2.45) is 0 Å². The van der Waals surface area contributed by atoms with Gasteiger partial charge in [0.25, 0.3) is 0 Å². The molecule has 2 saturated heterocycles. The Bertz CT molecular complexity index is 819. The van der Waals surface area contributed by atoms with Crippen LogP contribution in [0.2, 0.25) is 0 Å². The fraction of sp³-hybridized carbons (Fsp3) is 0.571. The molecule has 0 radical (unpaired) electrons. The normalized spacial score (nSPS) is 18.7. The highest BCUT2D eigenvalue weighted by molar-refractivity contribution is 5.47. The molecule has 144 valence electrons. The van der Waals surface area contributed by atoms with Crippen LogP contribution in [-0.4, -0.2) is 41.1 Å². The lowest BCUT2D eigenvalue weighted by Gasteiger charge is -2.34. The van der Waals surface area contributed by atoms with E-state index < -0.39 is 0 Å². The summed E-state index contributed by atoms with van der Waals surface area (Å²) in [5, 5.41) is 0. The molecule has 0 aliphatic carbocycles. The minimum atomic E-state index is -0.00973. The van der Waals surface area contributed by atoms with Gasteiger partial charge in [0, 0.05) is 50.2 Å². The summed E-state index contributed by atoms with van der Waals surface area (Å²) in [6, 6.07) is 5.94. The molecule has 2 fully saturated rings. The van der Waals surface area contributed by atoms with Gasteiger partial charge in [-0.3, -0.25) is 4.79 Å². The summed E-state index contributed by atoms with van der Waals surface area (Å²) in [5.74, 6) is 2.42. The SMILES string of the molecule is CCc1cc(N2CCC(c3cc[nH]c(=O)c3)CC2)nc(N2CCCCC2)n1. The average Bonchev–Trinajstić information content (AvgIpc) is 2.74. The summed E-state index contributed by atoms with van der Waals surface area (Å²) < 4.78 is 0. The largest absolute Gasteiger partial charge is 0.356 e. The quantitative estimate of drug-likeness (QED) is 0.899. The van der Waals surface area contributed by atoms with Crippen LogP contribution in [0.5, 0.6) is 0 Å². The van der Waals surface area contributed by atoms with Crippen LogP contribution in [0.4, 0.5) is 11.8 Å². The Morgan fingerprint density at radius 3 is 2.52 bits per heavy atom. The van der Waals surface area contributed by atoms with E-state index in [1.807, 2.05) is 6.07 Å². The van der Waals surface area contributed by atoms with Crippen LogP contribution in [0.1, 0.15) is 56.2 Å². The fourth-order valence-corrected chi connectivity index (χ4v) is 4.20. The van der Waals surface area contributed by atoms with E-state index in [1.54, 1.807) is 12.3 Å². The highest BCUT2D eigenvalue weighted by Gasteiger charge is 2.23. The van der Waals surface area contributed by atoms with Crippen molar-refractivity contribution in [3.05, 3.63) is 46.0 Å². The van der Waals surface area contributed by atoms with Crippen LogP contribution in [0.15, 0.2) is 29.2 Å². The second-order valence-corrected chi connectivity index (χ2v) is 7.67. The molecule has 2 aliphatic heterocycles. The number of piperidine rings is 2. The van der Waals surface area contributed by atoms with E-state index in [0.29, 0.717) is 5.92 Å². The van der Waals surface area contributed by atoms with Crippen molar-refractivity contribution in [2.45, 2.75) is 51.4 Å². The highest BCUT2D eigenvalue weighted by Crippen LogP contribution is 2.30. The zero-order chi connectivity index (χ0) is 18.6. The molecule has 2 aliphatic rings. The molecular formula is C21H29N5O. The van der Waals surface area contributed by atoms with Gasteiger partial charge in [0.2, 0.25) is 11.5 Å². The van der Waals surface area contributed by atoms with Crippen molar-refractivity contribution in [1.29, 1.82) is 0 Å². The Balaban J connectivity index is 1.49. The number of aromatic nitrogens is 3. The summed E-state index contributed by atoms with van der Waals surface area (Å²) in [7, 11) is 0. The van der Waals surface area contributed by atoms with E-state index in [4.69, 9.17) is 9.97 Å². The van der Waals surface area contributed by atoms with Crippen LogP contribution in [0, 0.1) is 0 Å². The lowest BCUT2D eigenvalue weighted by molar-refractivity contribution is 0.501. The summed E-state index contributed by atoms with van der Waals surface area (Å²) in [5.41, 5.74) is 2.27. The monoisotopic (exact) mass is 367 g/mol. The molecule has 0 bridgehead atoms. The molecule has 27 heavy (non-hydrogen) atoms. The molecule has 0 atom stereocenters. The van der Waals surface area contributed by atoms with Crippen molar-refractivity contribution in [3.63, 3.8) is 0 Å². The van der Waals surface area contributed by atoms with Crippen LogP contribution < -0.4 is 15.4 Å². The lowest BCUT2D eigenvalue weighted by atomic mass is 9.90. The topological polar surface area (TPSA) is 65.1 Å². The van der Waals surface area contributed by atoms with Gasteiger partial charge in [-0.15, -0.1) is 0 Å². The zero-order valence-corrected chi connectivity index (χ0v) is 16.2. The van der Waals surface area contributed by atoms with Gasteiger partial charge >= 0.3 is 0 Å². The Labute approximate surface area is 160 Å². The van der Waals surface area contributed by atoms with E-state index in [-0.39, 0.29) is 5.56 Å². The number of aromatic amines is 1. The maximum absolute atomic E-state index is 11.6. The van der Waals surface area contributed by atoms with E-state index in [2.05, 4.69) is 27.8 Å². The number of rotatable bonds is 4. The van der Waals surface area contributed by atoms with Crippen LogP contribution in [0.3, 0.4) is 0 Å². The predicted molar refractivity (Wildman–Crippen MR) is 109 cm³/mol. The van der Waals surface area contributed by atoms with E-state index in [0.717, 1.165) is 68.5 Å². The molecule has 1 N–H and O–H groups in total. The number of hydrogen-bond acceptors (Lipinski definition) is 5. The van der Waals surface area contributed by atoms with Crippen molar-refractivity contribution in [1.82, 2.24) is 15.0 Å². The number of H-pyrrole nitrogens is 1. The first-order chi connectivity index (χ1) is 13.2. The first kappa shape index (κ1) is 18.0.